The fourth-order valence-corrected chi connectivity index (χ4v) is 3.21. The normalized spacial score (nSPS) is 19.2. The molecule has 140 valence electrons. The second kappa shape index (κ2) is 6.87. The van der Waals surface area contributed by atoms with E-state index in [1.54, 1.807) is 6.92 Å². The van der Waals surface area contributed by atoms with E-state index in [-0.39, 0.29) is 6.54 Å². The Kier molecular flexibility index (Phi) is 4.74. The number of hydrogen-bond acceptors (Lipinski definition) is 3. The van der Waals surface area contributed by atoms with Gasteiger partial charge < -0.3 is 10.6 Å². The molecule has 1 aliphatic rings. The first-order chi connectivity index (χ1) is 12.7. The molecule has 1 unspecified atom stereocenters. The minimum absolute atomic E-state index is 0.334. The van der Waals surface area contributed by atoms with Gasteiger partial charge in [-0.25, -0.2) is 4.79 Å². The topological polar surface area (TPSA) is 78.5 Å². The standard InChI is InChI=1S/C21H23N3O3/c1-13-5-8-16(9-6-13)21(4)19(26)24(20(27)23-21)12-18(25)22-17-10-7-14(2)11-15(17)3/h5-11H,12H2,1-4H3,(H,22,25)(H,23,27). The van der Waals surface area contributed by atoms with Crippen LogP contribution in [-0.2, 0) is 15.1 Å². The van der Waals surface area contributed by atoms with E-state index in [9.17, 15) is 14.4 Å². The minimum atomic E-state index is -1.18. The van der Waals surface area contributed by atoms with E-state index in [0.29, 0.717) is 11.3 Å². The van der Waals surface area contributed by atoms with Crippen LogP contribution < -0.4 is 10.6 Å². The Bertz CT molecular complexity index is 921. The lowest BCUT2D eigenvalue weighted by Gasteiger charge is -2.22. The molecule has 6 nitrogen and oxygen atoms in total. The number of aryl methyl sites for hydroxylation is 3. The summed E-state index contributed by atoms with van der Waals surface area (Å²) in [6, 6.07) is 12.5. The molecule has 0 radical (unpaired) electrons. The number of carbonyl (C=O) groups excluding carboxylic acids is 3. The number of imide groups is 1. The van der Waals surface area contributed by atoms with E-state index in [1.807, 2.05) is 63.2 Å². The maximum atomic E-state index is 12.9. The molecule has 1 aliphatic heterocycles. The van der Waals surface area contributed by atoms with Gasteiger partial charge in [0.05, 0.1) is 0 Å². The first-order valence-corrected chi connectivity index (χ1v) is 8.79. The summed E-state index contributed by atoms with van der Waals surface area (Å²) in [5.41, 5.74) is 3.25. The number of benzene rings is 2. The van der Waals surface area contributed by atoms with Crippen LogP contribution in [0.5, 0.6) is 0 Å². The maximum absolute atomic E-state index is 12.9. The molecule has 0 aliphatic carbocycles. The van der Waals surface area contributed by atoms with Crippen LogP contribution in [0, 0.1) is 20.8 Å². The first-order valence-electron chi connectivity index (χ1n) is 8.79. The largest absolute Gasteiger partial charge is 0.325 e. The fraction of sp³-hybridized carbons (Fsp3) is 0.286. The Balaban J connectivity index is 1.75. The zero-order valence-electron chi connectivity index (χ0n) is 15.9. The molecular weight excluding hydrogens is 342 g/mol. The molecule has 0 spiro atoms. The van der Waals surface area contributed by atoms with Crippen LogP contribution in [0.1, 0.15) is 29.2 Å². The zero-order chi connectivity index (χ0) is 19.8. The van der Waals surface area contributed by atoms with Gasteiger partial charge in [0.25, 0.3) is 5.91 Å². The summed E-state index contributed by atoms with van der Waals surface area (Å²) >= 11 is 0. The van der Waals surface area contributed by atoms with E-state index in [0.717, 1.165) is 21.6 Å². The van der Waals surface area contributed by atoms with Crippen LogP contribution in [-0.4, -0.2) is 29.3 Å². The smallest absolute Gasteiger partial charge is 0.324 e. The first kappa shape index (κ1) is 18.6. The van der Waals surface area contributed by atoms with Gasteiger partial charge in [0.1, 0.15) is 12.1 Å². The summed E-state index contributed by atoms with van der Waals surface area (Å²) < 4.78 is 0. The van der Waals surface area contributed by atoms with E-state index < -0.39 is 23.4 Å². The molecule has 1 atom stereocenters. The van der Waals surface area contributed by atoms with Crippen molar-refractivity contribution >= 4 is 23.5 Å². The zero-order valence-corrected chi connectivity index (χ0v) is 15.9. The Morgan fingerprint density at radius 1 is 1.04 bits per heavy atom. The number of urea groups is 1. The summed E-state index contributed by atoms with van der Waals surface area (Å²) in [5, 5.41) is 5.48. The molecule has 2 aromatic carbocycles. The second-order valence-electron chi connectivity index (χ2n) is 7.18. The molecule has 1 saturated heterocycles. The van der Waals surface area contributed by atoms with Crippen molar-refractivity contribution in [2.45, 2.75) is 33.2 Å². The third-order valence-electron chi connectivity index (χ3n) is 4.86. The summed E-state index contributed by atoms with van der Waals surface area (Å²) in [6.07, 6.45) is 0. The lowest BCUT2D eigenvalue weighted by Crippen LogP contribution is -2.42. The predicted octanol–water partition coefficient (Wildman–Crippen LogP) is 3.02. The number of amides is 4. The van der Waals surface area contributed by atoms with E-state index in [1.165, 1.54) is 0 Å². The number of hydrogen-bond donors (Lipinski definition) is 2. The average molecular weight is 365 g/mol. The van der Waals surface area contributed by atoms with Crippen LogP contribution >= 0.6 is 0 Å². The fourth-order valence-electron chi connectivity index (χ4n) is 3.21. The molecule has 1 fully saturated rings. The second-order valence-corrected chi connectivity index (χ2v) is 7.18. The molecule has 0 bridgehead atoms. The molecule has 1 heterocycles. The Labute approximate surface area is 158 Å². The monoisotopic (exact) mass is 365 g/mol. The highest BCUT2D eigenvalue weighted by molar-refractivity contribution is 6.10. The third-order valence-corrected chi connectivity index (χ3v) is 4.86. The van der Waals surface area contributed by atoms with Crippen LogP contribution in [0.3, 0.4) is 0 Å². The van der Waals surface area contributed by atoms with Crippen molar-refractivity contribution in [3.8, 4) is 0 Å². The van der Waals surface area contributed by atoms with Crippen molar-refractivity contribution in [3.05, 3.63) is 64.7 Å². The maximum Gasteiger partial charge on any atom is 0.325 e. The van der Waals surface area contributed by atoms with Gasteiger partial charge in [0.2, 0.25) is 5.91 Å². The molecule has 4 amide bonds. The van der Waals surface area contributed by atoms with Gasteiger partial charge >= 0.3 is 6.03 Å². The Morgan fingerprint density at radius 2 is 1.67 bits per heavy atom. The van der Waals surface area contributed by atoms with E-state index in [4.69, 9.17) is 0 Å². The van der Waals surface area contributed by atoms with E-state index in [2.05, 4.69) is 10.6 Å². The van der Waals surface area contributed by atoms with Crippen molar-refractivity contribution in [1.82, 2.24) is 10.2 Å². The minimum Gasteiger partial charge on any atom is -0.324 e. The Hall–Kier alpha value is -3.15. The highest BCUT2D eigenvalue weighted by Crippen LogP contribution is 2.29. The molecule has 3 rings (SSSR count). The average Bonchev–Trinajstić information content (AvgIpc) is 2.82. The number of carbonyl (C=O) groups is 3. The summed E-state index contributed by atoms with van der Waals surface area (Å²) in [7, 11) is 0. The molecule has 27 heavy (non-hydrogen) atoms. The molecular formula is C21H23N3O3. The SMILES string of the molecule is Cc1ccc(C2(C)NC(=O)N(CC(=O)Nc3ccc(C)cc3C)C2=O)cc1. The lowest BCUT2D eigenvalue weighted by atomic mass is 9.91. The van der Waals surface area contributed by atoms with Crippen molar-refractivity contribution in [2.24, 2.45) is 0 Å². The summed E-state index contributed by atoms with van der Waals surface area (Å²) in [4.78, 5) is 38.6. The van der Waals surface area contributed by atoms with Crippen LogP contribution in [0.15, 0.2) is 42.5 Å². The molecule has 0 saturated carbocycles. The molecule has 2 N–H and O–H groups in total. The van der Waals surface area contributed by atoms with Crippen molar-refractivity contribution in [2.75, 3.05) is 11.9 Å². The van der Waals surface area contributed by atoms with Gasteiger partial charge in [-0.15, -0.1) is 0 Å². The number of nitrogens with zero attached hydrogens (tertiary/aromatic N) is 1. The van der Waals surface area contributed by atoms with Gasteiger partial charge in [0.15, 0.2) is 0 Å². The highest BCUT2D eigenvalue weighted by atomic mass is 16.2. The quantitative estimate of drug-likeness (QED) is 0.818. The van der Waals surface area contributed by atoms with E-state index >= 15 is 0 Å². The van der Waals surface area contributed by atoms with Crippen molar-refractivity contribution in [3.63, 3.8) is 0 Å². The lowest BCUT2D eigenvalue weighted by molar-refractivity contribution is -0.133. The number of rotatable bonds is 4. The van der Waals surface area contributed by atoms with Gasteiger partial charge in [-0.2, -0.15) is 0 Å². The van der Waals surface area contributed by atoms with Gasteiger partial charge in [0, 0.05) is 5.69 Å². The molecule has 2 aromatic rings. The Morgan fingerprint density at radius 3 is 2.30 bits per heavy atom. The summed E-state index contributed by atoms with van der Waals surface area (Å²) in [6.45, 7) is 7.13. The third kappa shape index (κ3) is 3.56. The van der Waals surface area contributed by atoms with Crippen LogP contribution in [0.25, 0.3) is 0 Å². The van der Waals surface area contributed by atoms with Gasteiger partial charge in [-0.3, -0.25) is 14.5 Å². The van der Waals surface area contributed by atoms with Crippen molar-refractivity contribution < 1.29 is 14.4 Å². The number of nitrogens with one attached hydrogen (secondary N) is 2. The van der Waals surface area contributed by atoms with Crippen molar-refractivity contribution in [1.29, 1.82) is 0 Å². The van der Waals surface area contributed by atoms with Crippen LogP contribution in [0.2, 0.25) is 0 Å². The van der Waals surface area contributed by atoms with Crippen LogP contribution in [0.4, 0.5) is 10.5 Å². The predicted molar refractivity (Wildman–Crippen MR) is 103 cm³/mol. The van der Waals surface area contributed by atoms with Gasteiger partial charge in [-0.05, 0) is 44.9 Å². The van der Waals surface area contributed by atoms with Gasteiger partial charge in [-0.1, -0.05) is 47.5 Å². The molecule has 0 aromatic heterocycles. The summed E-state index contributed by atoms with van der Waals surface area (Å²) in [5.74, 6) is -0.856. The number of anilines is 1. The highest BCUT2D eigenvalue weighted by Gasteiger charge is 2.49. The molecule has 6 heteroatoms.